The van der Waals surface area contributed by atoms with Crippen LogP contribution < -0.4 is 0 Å². The smallest absolute Gasteiger partial charge is 0.178 e. The van der Waals surface area contributed by atoms with Crippen molar-refractivity contribution in [3.8, 4) is 0 Å². The monoisotopic (exact) mass is 335 g/mol. The Labute approximate surface area is 138 Å². The highest BCUT2D eigenvalue weighted by molar-refractivity contribution is 7.86. The lowest BCUT2D eigenvalue weighted by Crippen LogP contribution is -2.52. The Balaban J connectivity index is 3.77. The number of hydrogen-bond donors (Lipinski definition) is 0. The fourth-order valence-corrected chi connectivity index (χ4v) is 4.41. The second-order valence-electron chi connectivity index (χ2n) is 7.04. The van der Waals surface area contributed by atoms with E-state index in [0.29, 0.717) is 10.9 Å². The zero-order chi connectivity index (χ0) is 17.1. The third-order valence-corrected chi connectivity index (χ3v) is 6.12. The van der Waals surface area contributed by atoms with Crippen molar-refractivity contribution in [2.75, 3.05) is 20.6 Å². The minimum Gasteiger partial charge on any atom is -0.743 e. The van der Waals surface area contributed by atoms with Crippen LogP contribution in [0.5, 0.6) is 0 Å². The minimum atomic E-state index is -4.21. The van der Waals surface area contributed by atoms with Crippen LogP contribution in [-0.2, 0) is 10.1 Å². The number of unbranched alkanes of at least 4 members (excludes halogenated alkanes) is 9. The van der Waals surface area contributed by atoms with E-state index in [1.54, 1.807) is 6.92 Å². The molecule has 1 atom stereocenters. The van der Waals surface area contributed by atoms with E-state index in [1.807, 2.05) is 14.1 Å². The van der Waals surface area contributed by atoms with Crippen molar-refractivity contribution in [2.45, 2.75) is 89.9 Å². The fraction of sp³-hybridized carbons (Fsp3) is 1.00. The van der Waals surface area contributed by atoms with E-state index in [0.717, 1.165) is 19.4 Å². The molecule has 0 bridgehead atoms. The molecule has 0 heterocycles. The van der Waals surface area contributed by atoms with Gasteiger partial charge in [-0.1, -0.05) is 65.2 Å². The predicted octanol–water partition coefficient (Wildman–Crippen LogP) is 4.27. The summed E-state index contributed by atoms with van der Waals surface area (Å²) in [5.74, 6) is 0. The average Bonchev–Trinajstić information content (AvgIpc) is 2.39. The fourth-order valence-electron chi connectivity index (χ4n) is 3.20. The molecule has 0 fully saturated rings. The summed E-state index contributed by atoms with van der Waals surface area (Å²) in [4.78, 5) is 0. The Kier molecular flexibility index (Phi) is 11.3. The highest BCUT2D eigenvalue weighted by Gasteiger charge is 2.31. The van der Waals surface area contributed by atoms with Crippen LogP contribution in [0, 0.1) is 0 Å². The standard InChI is InChI=1S/C17H37NO3S/c1-5-7-8-9-10-11-12-13-14-15-16-18(3,4)17(6-2)22(19,20)21/h17H,5-16H2,1-4H3. The molecule has 0 aromatic heterocycles. The Morgan fingerprint density at radius 2 is 1.23 bits per heavy atom. The van der Waals surface area contributed by atoms with E-state index < -0.39 is 15.5 Å². The van der Waals surface area contributed by atoms with Crippen molar-refractivity contribution >= 4 is 10.1 Å². The molecule has 0 aliphatic carbocycles. The highest BCUT2D eigenvalue weighted by Crippen LogP contribution is 2.18. The van der Waals surface area contributed by atoms with Crippen molar-refractivity contribution in [3.05, 3.63) is 0 Å². The van der Waals surface area contributed by atoms with Crippen molar-refractivity contribution in [2.24, 2.45) is 0 Å². The maximum absolute atomic E-state index is 11.3. The molecular formula is C17H37NO3S. The average molecular weight is 336 g/mol. The van der Waals surface area contributed by atoms with E-state index in [-0.39, 0.29) is 0 Å². The molecule has 0 radical (unpaired) electrons. The molecule has 22 heavy (non-hydrogen) atoms. The van der Waals surface area contributed by atoms with Gasteiger partial charge in [0.1, 0.15) is 10.1 Å². The Morgan fingerprint density at radius 1 is 0.818 bits per heavy atom. The summed E-state index contributed by atoms with van der Waals surface area (Å²) in [7, 11) is -0.496. The molecule has 0 aromatic rings. The largest absolute Gasteiger partial charge is 0.743 e. The number of quaternary nitrogens is 1. The predicted molar refractivity (Wildman–Crippen MR) is 92.6 cm³/mol. The Hall–Kier alpha value is -0.130. The first-order valence-corrected chi connectivity index (χ1v) is 10.5. The molecule has 0 aliphatic rings. The summed E-state index contributed by atoms with van der Waals surface area (Å²) in [5, 5.41) is -0.814. The van der Waals surface area contributed by atoms with Crippen molar-refractivity contribution < 1.29 is 17.5 Å². The van der Waals surface area contributed by atoms with E-state index in [9.17, 15) is 13.0 Å². The molecular weight excluding hydrogens is 298 g/mol. The summed E-state index contributed by atoms with van der Waals surface area (Å²) >= 11 is 0. The number of nitrogens with zero attached hydrogens (tertiary/aromatic N) is 1. The zero-order valence-corrected chi connectivity index (χ0v) is 16.0. The second-order valence-corrected chi connectivity index (χ2v) is 8.57. The van der Waals surface area contributed by atoms with Gasteiger partial charge in [0, 0.05) is 6.42 Å². The topological polar surface area (TPSA) is 57.2 Å². The van der Waals surface area contributed by atoms with Crippen LogP contribution in [0.25, 0.3) is 0 Å². The first-order chi connectivity index (χ1) is 10.3. The molecule has 0 saturated carbocycles. The third-order valence-electron chi connectivity index (χ3n) is 4.55. The highest BCUT2D eigenvalue weighted by atomic mass is 32.2. The Morgan fingerprint density at radius 3 is 1.59 bits per heavy atom. The first kappa shape index (κ1) is 21.9. The van der Waals surface area contributed by atoms with Gasteiger partial charge >= 0.3 is 0 Å². The van der Waals surface area contributed by atoms with Gasteiger partial charge in [-0.2, -0.15) is 0 Å². The van der Waals surface area contributed by atoms with Gasteiger partial charge in [-0.25, -0.2) is 8.42 Å². The van der Waals surface area contributed by atoms with Crippen molar-refractivity contribution in [1.29, 1.82) is 0 Å². The molecule has 134 valence electrons. The van der Waals surface area contributed by atoms with Gasteiger partial charge in [0.15, 0.2) is 5.37 Å². The molecule has 0 N–H and O–H groups in total. The van der Waals surface area contributed by atoms with E-state index in [2.05, 4.69) is 6.92 Å². The third kappa shape index (κ3) is 9.80. The minimum absolute atomic E-state index is 0.291. The van der Waals surface area contributed by atoms with Crippen LogP contribution in [0.4, 0.5) is 0 Å². The number of rotatable bonds is 14. The maximum atomic E-state index is 11.3. The molecule has 5 heteroatoms. The normalized spacial score (nSPS) is 14.2. The lowest BCUT2D eigenvalue weighted by Gasteiger charge is -2.38. The summed E-state index contributed by atoms with van der Waals surface area (Å²) in [6, 6.07) is 0. The van der Waals surface area contributed by atoms with Crippen LogP contribution in [0.1, 0.15) is 84.5 Å². The molecule has 0 rings (SSSR count). The van der Waals surface area contributed by atoms with Gasteiger partial charge in [-0.05, 0) is 12.8 Å². The molecule has 0 spiro atoms. The molecule has 0 aliphatic heterocycles. The van der Waals surface area contributed by atoms with Gasteiger partial charge in [0.05, 0.1) is 20.6 Å². The van der Waals surface area contributed by atoms with Crippen molar-refractivity contribution in [1.82, 2.24) is 0 Å². The summed E-state index contributed by atoms with van der Waals surface area (Å²) in [5.41, 5.74) is 0. The SMILES string of the molecule is CCCCCCCCCCCC[N+](C)(C)C(CC)S(=O)(=O)[O-]. The lowest BCUT2D eigenvalue weighted by molar-refractivity contribution is -0.902. The zero-order valence-electron chi connectivity index (χ0n) is 15.1. The summed E-state index contributed by atoms with van der Waals surface area (Å²) in [6.07, 6.45) is 13.0. The quantitative estimate of drug-likeness (QED) is 0.271. The van der Waals surface area contributed by atoms with E-state index >= 15 is 0 Å². The van der Waals surface area contributed by atoms with E-state index in [4.69, 9.17) is 0 Å². The Bertz CT molecular complexity index is 366. The molecule has 1 unspecified atom stereocenters. The van der Waals surface area contributed by atoms with Crippen LogP contribution in [-0.4, -0.2) is 43.5 Å². The summed E-state index contributed by atoms with van der Waals surface area (Å²) < 4.78 is 34.3. The van der Waals surface area contributed by atoms with Gasteiger partial charge in [0.2, 0.25) is 0 Å². The first-order valence-electron chi connectivity index (χ1n) is 9.03. The molecule has 0 saturated heterocycles. The maximum Gasteiger partial charge on any atom is 0.178 e. The van der Waals surface area contributed by atoms with Gasteiger partial charge in [-0.15, -0.1) is 0 Å². The second kappa shape index (κ2) is 11.4. The van der Waals surface area contributed by atoms with Gasteiger partial charge in [-0.3, -0.25) is 0 Å². The van der Waals surface area contributed by atoms with Crippen LogP contribution in [0.3, 0.4) is 0 Å². The van der Waals surface area contributed by atoms with Gasteiger partial charge < -0.3 is 9.04 Å². The van der Waals surface area contributed by atoms with Crippen molar-refractivity contribution in [3.63, 3.8) is 0 Å². The van der Waals surface area contributed by atoms with Gasteiger partial charge in [0.25, 0.3) is 0 Å². The van der Waals surface area contributed by atoms with Crippen LogP contribution in [0.15, 0.2) is 0 Å². The van der Waals surface area contributed by atoms with E-state index in [1.165, 1.54) is 51.4 Å². The van der Waals surface area contributed by atoms with Crippen LogP contribution >= 0.6 is 0 Å². The molecule has 0 aromatic carbocycles. The lowest BCUT2D eigenvalue weighted by atomic mass is 10.1. The molecule has 0 amide bonds. The number of hydrogen-bond acceptors (Lipinski definition) is 3. The summed E-state index contributed by atoms with van der Waals surface area (Å²) in [6.45, 7) is 4.77. The van der Waals surface area contributed by atoms with Crippen LogP contribution in [0.2, 0.25) is 0 Å². The molecule has 4 nitrogen and oxygen atoms in total.